The molecule has 0 aromatic carbocycles. The summed E-state index contributed by atoms with van der Waals surface area (Å²) in [6, 6.07) is 2.02. The molecule has 122 valence electrons. The van der Waals surface area contributed by atoms with Gasteiger partial charge in [-0.1, -0.05) is 0 Å². The normalized spacial score (nSPS) is 12.5. The number of hydrogen-bond acceptors (Lipinski definition) is 4. The van der Waals surface area contributed by atoms with E-state index in [2.05, 4.69) is 15.0 Å². The number of pyridine rings is 1. The van der Waals surface area contributed by atoms with Gasteiger partial charge in [-0.2, -0.15) is 13.2 Å². The number of nitrogens with one attached hydrogen (secondary N) is 1. The lowest BCUT2D eigenvalue weighted by Gasteiger charge is -2.13. The molecule has 0 bridgehead atoms. The largest absolute Gasteiger partial charge is 0.481 e. The van der Waals surface area contributed by atoms with Crippen LogP contribution in [0.3, 0.4) is 0 Å². The smallest absolute Gasteiger partial charge is 0.422 e. The molecule has 1 heterocycles. The van der Waals surface area contributed by atoms with Crippen LogP contribution in [0.4, 0.5) is 13.2 Å². The number of carboxylic acids is 1. The number of halogens is 3. The van der Waals surface area contributed by atoms with Crippen LogP contribution in [0.5, 0.6) is 5.88 Å². The zero-order valence-electron chi connectivity index (χ0n) is 11.7. The molecule has 1 rings (SSSR count). The summed E-state index contributed by atoms with van der Waals surface area (Å²) >= 11 is 0. The van der Waals surface area contributed by atoms with E-state index in [1.54, 1.807) is 6.92 Å². The standard InChI is InChI=1S/C13H15F3N2O4/c1-8(2-3-11(19)20)18-12(21)9-4-5-17-10(6-9)22-7-13(14,15)16/h4-6,8H,2-3,7H2,1H3,(H,18,21)(H,19,20). The Kier molecular flexibility index (Phi) is 6.14. The number of carbonyl (C=O) groups excluding carboxylic acids is 1. The molecule has 0 saturated heterocycles. The second kappa shape index (κ2) is 7.62. The molecule has 0 radical (unpaired) electrons. The van der Waals surface area contributed by atoms with Gasteiger partial charge in [0, 0.05) is 30.3 Å². The number of aliphatic carboxylic acids is 1. The van der Waals surface area contributed by atoms with E-state index in [0.29, 0.717) is 0 Å². The SMILES string of the molecule is CC(CCC(=O)O)NC(=O)c1ccnc(OCC(F)(F)F)c1. The minimum Gasteiger partial charge on any atom is -0.481 e. The van der Waals surface area contributed by atoms with Crippen LogP contribution in [0.15, 0.2) is 18.3 Å². The van der Waals surface area contributed by atoms with E-state index in [-0.39, 0.29) is 24.3 Å². The summed E-state index contributed by atoms with van der Waals surface area (Å²) in [6.07, 6.45) is -3.20. The maximum Gasteiger partial charge on any atom is 0.422 e. The molecular weight excluding hydrogens is 305 g/mol. The average molecular weight is 320 g/mol. The van der Waals surface area contributed by atoms with Gasteiger partial charge in [-0.25, -0.2) is 4.98 Å². The first-order valence-electron chi connectivity index (χ1n) is 6.35. The topological polar surface area (TPSA) is 88.5 Å². The van der Waals surface area contributed by atoms with Gasteiger partial charge in [0.1, 0.15) is 0 Å². The molecule has 0 fully saturated rings. The van der Waals surface area contributed by atoms with Crippen LogP contribution in [-0.2, 0) is 4.79 Å². The van der Waals surface area contributed by atoms with Crippen molar-refractivity contribution in [1.29, 1.82) is 0 Å². The lowest BCUT2D eigenvalue weighted by Crippen LogP contribution is -2.33. The van der Waals surface area contributed by atoms with Crippen molar-refractivity contribution >= 4 is 11.9 Å². The average Bonchev–Trinajstić information content (AvgIpc) is 2.42. The van der Waals surface area contributed by atoms with E-state index < -0.39 is 30.7 Å². The Morgan fingerprint density at radius 3 is 2.73 bits per heavy atom. The molecule has 0 aliphatic heterocycles. The Hall–Kier alpha value is -2.32. The number of nitrogens with zero attached hydrogens (tertiary/aromatic N) is 1. The molecule has 1 unspecified atom stereocenters. The van der Waals surface area contributed by atoms with Crippen molar-refractivity contribution in [2.45, 2.75) is 32.0 Å². The highest BCUT2D eigenvalue weighted by Crippen LogP contribution is 2.17. The lowest BCUT2D eigenvalue weighted by atomic mass is 10.1. The quantitative estimate of drug-likeness (QED) is 0.802. The van der Waals surface area contributed by atoms with E-state index >= 15 is 0 Å². The van der Waals surface area contributed by atoms with Crippen LogP contribution >= 0.6 is 0 Å². The number of aromatic nitrogens is 1. The number of carbonyl (C=O) groups is 2. The molecule has 1 amide bonds. The van der Waals surface area contributed by atoms with E-state index in [1.807, 2.05) is 0 Å². The first-order chi connectivity index (χ1) is 10.2. The third-order valence-corrected chi connectivity index (χ3v) is 2.55. The highest BCUT2D eigenvalue weighted by atomic mass is 19.4. The zero-order chi connectivity index (χ0) is 16.8. The van der Waals surface area contributed by atoms with Crippen molar-refractivity contribution in [2.75, 3.05) is 6.61 Å². The number of alkyl halides is 3. The second-order valence-electron chi connectivity index (χ2n) is 4.59. The van der Waals surface area contributed by atoms with Crippen molar-refractivity contribution in [3.8, 4) is 5.88 Å². The summed E-state index contributed by atoms with van der Waals surface area (Å²) in [5.74, 6) is -1.84. The first-order valence-corrected chi connectivity index (χ1v) is 6.35. The van der Waals surface area contributed by atoms with Crippen LogP contribution in [0.2, 0.25) is 0 Å². The van der Waals surface area contributed by atoms with Gasteiger partial charge >= 0.3 is 12.1 Å². The highest BCUT2D eigenvalue weighted by Gasteiger charge is 2.28. The number of ether oxygens (including phenoxy) is 1. The Bertz CT molecular complexity index is 534. The molecule has 1 aromatic heterocycles. The van der Waals surface area contributed by atoms with Gasteiger partial charge in [0.15, 0.2) is 6.61 Å². The number of hydrogen-bond donors (Lipinski definition) is 2. The van der Waals surface area contributed by atoms with E-state index in [4.69, 9.17) is 5.11 Å². The number of amides is 1. The number of rotatable bonds is 7. The second-order valence-corrected chi connectivity index (χ2v) is 4.59. The zero-order valence-corrected chi connectivity index (χ0v) is 11.7. The van der Waals surface area contributed by atoms with Crippen molar-refractivity contribution in [2.24, 2.45) is 0 Å². The van der Waals surface area contributed by atoms with Gasteiger partial charge < -0.3 is 15.2 Å². The Balaban J connectivity index is 2.60. The fourth-order valence-electron chi connectivity index (χ4n) is 1.50. The monoisotopic (exact) mass is 320 g/mol. The van der Waals surface area contributed by atoms with Crippen molar-refractivity contribution in [1.82, 2.24) is 10.3 Å². The third kappa shape index (κ3) is 6.91. The molecule has 22 heavy (non-hydrogen) atoms. The Morgan fingerprint density at radius 1 is 1.45 bits per heavy atom. The highest BCUT2D eigenvalue weighted by molar-refractivity contribution is 5.94. The molecule has 1 aromatic rings. The van der Waals surface area contributed by atoms with Crippen molar-refractivity contribution in [3.05, 3.63) is 23.9 Å². The van der Waals surface area contributed by atoms with Gasteiger partial charge in [-0.3, -0.25) is 9.59 Å². The predicted octanol–water partition coefficient (Wildman–Crippen LogP) is 2.01. The van der Waals surface area contributed by atoms with Gasteiger partial charge in [-0.05, 0) is 19.4 Å². The molecule has 6 nitrogen and oxygen atoms in total. The van der Waals surface area contributed by atoms with Crippen molar-refractivity contribution < 1.29 is 32.6 Å². The van der Waals surface area contributed by atoms with Gasteiger partial charge in [-0.15, -0.1) is 0 Å². The van der Waals surface area contributed by atoms with Crippen LogP contribution in [0.1, 0.15) is 30.1 Å². The maximum absolute atomic E-state index is 12.0. The van der Waals surface area contributed by atoms with Gasteiger partial charge in [0.05, 0.1) is 0 Å². The summed E-state index contributed by atoms with van der Waals surface area (Å²) < 4.78 is 40.6. The third-order valence-electron chi connectivity index (χ3n) is 2.55. The number of carboxylic acid groups (broad SMARTS) is 1. The van der Waals surface area contributed by atoms with Crippen LogP contribution in [-0.4, -0.2) is 40.8 Å². The maximum atomic E-state index is 12.0. The van der Waals surface area contributed by atoms with Crippen LogP contribution in [0, 0.1) is 0 Å². The fourth-order valence-corrected chi connectivity index (χ4v) is 1.50. The predicted molar refractivity (Wildman–Crippen MR) is 69.6 cm³/mol. The van der Waals surface area contributed by atoms with Crippen LogP contribution in [0.25, 0.3) is 0 Å². The minimum absolute atomic E-state index is 0.0781. The summed E-state index contributed by atoms with van der Waals surface area (Å²) in [4.78, 5) is 25.9. The van der Waals surface area contributed by atoms with Gasteiger partial charge in [0.2, 0.25) is 5.88 Å². The Labute approximate surface area is 124 Å². The molecule has 0 saturated carbocycles. The molecule has 1 atom stereocenters. The van der Waals surface area contributed by atoms with E-state index in [9.17, 15) is 22.8 Å². The fraction of sp³-hybridized carbons (Fsp3) is 0.462. The molecule has 9 heteroatoms. The molecule has 0 aliphatic rings. The van der Waals surface area contributed by atoms with E-state index in [0.717, 1.165) is 12.3 Å². The van der Waals surface area contributed by atoms with Crippen LogP contribution < -0.4 is 10.1 Å². The summed E-state index contributed by atoms with van der Waals surface area (Å²) in [7, 11) is 0. The summed E-state index contributed by atoms with van der Waals surface area (Å²) in [5, 5.41) is 11.1. The van der Waals surface area contributed by atoms with Gasteiger partial charge in [0.25, 0.3) is 5.91 Å². The summed E-state index contributed by atoms with van der Waals surface area (Å²) in [6.45, 7) is 0.128. The van der Waals surface area contributed by atoms with E-state index in [1.165, 1.54) is 6.07 Å². The molecule has 0 aliphatic carbocycles. The van der Waals surface area contributed by atoms with Crippen molar-refractivity contribution in [3.63, 3.8) is 0 Å². The minimum atomic E-state index is -4.49. The molecular formula is C13H15F3N2O4. The lowest BCUT2D eigenvalue weighted by molar-refractivity contribution is -0.154. The first kappa shape index (κ1) is 17.7. The molecule has 2 N–H and O–H groups in total. The summed E-state index contributed by atoms with van der Waals surface area (Å²) in [5.41, 5.74) is 0.0781. The Morgan fingerprint density at radius 2 is 2.14 bits per heavy atom. The molecule has 0 spiro atoms.